The Kier molecular flexibility index (Phi) is 7.21. The smallest absolute Gasteiger partial charge is 0.0260 e. The van der Waals surface area contributed by atoms with Gasteiger partial charge in [-0.25, -0.2) is 0 Å². The molecule has 2 heteroatoms. The van der Waals surface area contributed by atoms with Gasteiger partial charge in [-0.1, -0.05) is 25.5 Å². The third-order valence-corrected chi connectivity index (χ3v) is 1.53. The number of hydrogen-bond donors (Lipinski definition) is 1. The minimum atomic E-state index is 0.707. The Labute approximate surface area is 81.5 Å². The van der Waals surface area contributed by atoms with E-state index < -0.39 is 0 Å². The molecule has 0 saturated heterocycles. The van der Waals surface area contributed by atoms with E-state index in [9.17, 15) is 0 Å². The molecule has 0 rings (SSSR count). The molecule has 0 amide bonds. The number of rotatable bonds is 6. The van der Waals surface area contributed by atoms with Crippen LogP contribution in [0.1, 0.15) is 20.8 Å². The topological polar surface area (TPSA) is 24.4 Å². The zero-order valence-corrected chi connectivity index (χ0v) is 8.88. The van der Waals surface area contributed by atoms with Crippen LogP contribution in [0.25, 0.3) is 0 Å². The van der Waals surface area contributed by atoms with Crippen LogP contribution in [0.3, 0.4) is 0 Å². The fourth-order valence-electron chi connectivity index (χ4n) is 0.885. The first-order valence-electron chi connectivity index (χ1n) is 4.65. The Morgan fingerprint density at radius 2 is 2.23 bits per heavy atom. The van der Waals surface area contributed by atoms with E-state index in [1.807, 2.05) is 12.2 Å². The molecule has 74 valence electrons. The second kappa shape index (κ2) is 7.74. The summed E-state index contributed by atoms with van der Waals surface area (Å²) in [5.74, 6) is 0.707. The Balaban J connectivity index is 3.60. The zero-order valence-electron chi connectivity index (χ0n) is 8.88. The van der Waals surface area contributed by atoms with Crippen LogP contribution in [-0.4, -0.2) is 19.8 Å². The Morgan fingerprint density at radius 1 is 1.54 bits per heavy atom. The van der Waals surface area contributed by atoms with Crippen molar-refractivity contribution in [2.45, 2.75) is 20.8 Å². The van der Waals surface area contributed by atoms with Gasteiger partial charge in [0.1, 0.15) is 0 Å². The van der Waals surface area contributed by atoms with Gasteiger partial charge in [-0.2, -0.15) is 0 Å². The first kappa shape index (κ1) is 12.1. The van der Waals surface area contributed by atoms with Crippen molar-refractivity contribution >= 4 is 6.72 Å². The molecule has 0 aliphatic carbocycles. The highest BCUT2D eigenvalue weighted by atomic mass is 14.8. The molecule has 1 N–H and O–H groups in total. The molecule has 0 aromatic heterocycles. The van der Waals surface area contributed by atoms with Crippen LogP contribution >= 0.6 is 0 Å². The fourth-order valence-corrected chi connectivity index (χ4v) is 0.885. The maximum atomic E-state index is 3.62. The summed E-state index contributed by atoms with van der Waals surface area (Å²) in [7, 11) is 0. The fraction of sp³-hybridized carbons (Fsp3) is 0.545. The third kappa shape index (κ3) is 9.02. The molecule has 0 aliphatic heterocycles. The molecule has 0 aromatic carbocycles. The first-order chi connectivity index (χ1) is 6.16. The van der Waals surface area contributed by atoms with E-state index in [0.29, 0.717) is 5.92 Å². The summed E-state index contributed by atoms with van der Waals surface area (Å²) < 4.78 is 0. The van der Waals surface area contributed by atoms with E-state index in [4.69, 9.17) is 0 Å². The largest absolute Gasteiger partial charge is 0.313 e. The lowest BCUT2D eigenvalue weighted by atomic mass is 10.2. The number of nitrogens with zero attached hydrogens (tertiary/aromatic N) is 1. The van der Waals surface area contributed by atoms with E-state index in [-0.39, 0.29) is 0 Å². The molecule has 0 unspecified atom stereocenters. The van der Waals surface area contributed by atoms with Crippen molar-refractivity contribution in [1.29, 1.82) is 0 Å². The highest BCUT2D eigenvalue weighted by Gasteiger charge is 1.92. The van der Waals surface area contributed by atoms with Gasteiger partial charge < -0.3 is 5.32 Å². The van der Waals surface area contributed by atoms with Crippen molar-refractivity contribution in [3.05, 3.63) is 23.9 Å². The Morgan fingerprint density at radius 3 is 2.77 bits per heavy atom. The molecule has 13 heavy (non-hydrogen) atoms. The summed E-state index contributed by atoms with van der Waals surface area (Å²) in [5, 5.41) is 3.36. The second-order valence-corrected chi connectivity index (χ2v) is 3.56. The average Bonchev–Trinajstić information content (AvgIpc) is 2.04. The number of hydrogen-bond acceptors (Lipinski definition) is 2. The molecule has 0 aromatic rings. The van der Waals surface area contributed by atoms with E-state index in [2.05, 4.69) is 37.8 Å². The van der Waals surface area contributed by atoms with Crippen molar-refractivity contribution in [1.82, 2.24) is 5.32 Å². The Bertz CT molecular complexity index is 190. The summed E-state index contributed by atoms with van der Waals surface area (Å²) in [6.07, 6.45) is 5.63. The van der Waals surface area contributed by atoms with Gasteiger partial charge in [-0.15, -0.1) is 0 Å². The van der Waals surface area contributed by atoms with E-state index >= 15 is 0 Å². The number of allylic oxidation sites excluding steroid dienone is 2. The zero-order chi connectivity index (χ0) is 10.1. The molecule has 0 fully saturated rings. The molecular weight excluding hydrogens is 160 g/mol. The third-order valence-electron chi connectivity index (χ3n) is 1.53. The molecular formula is C11H20N2. The van der Waals surface area contributed by atoms with E-state index in [1.54, 1.807) is 6.20 Å². The standard InChI is InChI=1S/C11H20N2/c1-10(2)8-13-9-11(3)6-5-7-12-4/h5-7,10,13H,4,8-9H2,1-3H3/b7-5-,11-6+. The van der Waals surface area contributed by atoms with Gasteiger partial charge in [0.05, 0.1) is 0 Å². The van der Waals surface area contributed by atoms with Crippen LogP contribution in [0.2, 0.25) is 0 Å². The van der Waals surface area contributed by atoms with Gasteiger partial charge in [-0.05, 0) is 32.2 Å². The van der Waals surface area contributed by atoms with Crippen molar-refractivity contribution < 1.29 is 0 Å². The summed E-state index contributed by atoms with van der Waals surface area (Å²) in [6.45, 7) is 11.9. The van der Waals surface area contributed by atoms with Crippen molar-refractivity contribution in [3.8, 4) is 0 Å². The highest BCUT2D eigenvalue weighted by molar-refractivity contribution is 5.26. The Hall–Kier alpha value is -0.890. The molecule has 0 atom stereocenters. The first-order valence-corrected chi connectivity index (χ1v) is 4.65. The van der Waals surface area contributed by atoms with Gasteiger partial charge in [0.2, 0.25) is 0 Å². The van der Waals surface area contributed by atoms with Crippen molar-refractivity contribution in [2.24, 2.45) is 10.9 Å². The highest BCUT2D eigenvalue weighted by Crippen LogP contribution is 1.93. The summed E-state index contributed by atoms with van der Waals surface area (Å²) in [4.78, 5) is 3.62. The molecule has 0 radical (unpaired) electrons. The molecule has 0 spiro atoms. The minimum Gasteiger partial charge on any atom is -0.313 e. The predicted octanol–water partition coefficient (Wildman–Crippen LogP) is 2.39. The lowest BCUT2D eigenvalue weighted by Gasteiger charge is -2.06. The second-order valence-electron chi connectivity index (χ2n) is 3.56. The van der Waals surface area contributed by atoms with Gasteiger partial charge in [0.15, 0.2) is 0 Å². The van der Waals surface area contributed by atoms with E-state index in [0.717, 1.165) is 13.1 Å². The predicted molar refractivity (Wildman–Crippen MR) is 60.2 cm³/mol. The normalized spacial score (nSPS) is 12.8. The van der Waals surface area contributed by atoms with Crippen LogP contribution in [0.4, 0.5) is 0 Å². The van der Waals surface area contributed by atoms with Gasteiger partial charge in [-0.3, -0.25) is 4.99 Å². The monoisotopic (exact) mass is 180 g/mol. The van der Waals surface area contributed by atoms with Gasteiger partial charge >= 0.3 is 0 Å². The number of aliphatic imine (C=N–C) groups is 1. The summed E-state index contributed by atoms with van der Waals surface area (Å²) in [6, 6.07) is 0. The average molecular weight is 180 g/mol. The molecule has 0 aliphatic rings. The molecule has 0 heterocycles. The lowest BCUT2D eigenvalue weighted by molar-refractivity contribution is 0.571. The number of nitrogens with one attached hydrogen (secondary N) is 1. The quantitative estimate of drug-likeness (QED) is 0.492. The lowest BCUT2D eigenvalue weighted by Crippen LogP contribution is -2.21. The molecule has 0 saturated carbocycles. The summed E-state index contributed by atoms with van der Waals surface area (Å²) in [5.41, 5.74) is 1.31. The van der Waals surface area contributed by atoms with Gasteiger partial charge in [0.25, 0.3) is 0 Å². The minimum absolute atomic E-state index is 0.707. The SMILES string of the molecule is C=N/C=C\C=C(/C)CNCC(C)C. The van der Waals surface area contributed by atoms with E-state index in [1.165, 1.54) is 5.57 Å². The summed E-state index contributed by atoms with van der Waals surface area (Å²) >= 11 is 0. The van der Waals surface area contributed by atoms with Crippen LogP contribution in [0, 0.1) is 5.92 Å². The maximum absolute atomic E-state index is 3.62. The van der Waals surface area contributed by atoms with Crippen LogP contribution < -0.4 is 5.32 Å². The van der Waals surface area contributed by atoms with Crippen molar-refractivity contribution in [2.75, 3.05) is 13.1 Å². The van der Waals surface area contributed by atoms with Crippen molar-refractivity contribution in [3.63, 3.8) is 0 Å². The maximum Gasteiger partial charge on any atom is 0.0260 e. The molecule has 0 bridgehead atoms. The molecule has 2 nitrogen and oxygen atoms in total. The van der Waals surface area contributed by atoms with Crippen LogP contribution in [-0.2, 0) is 0 Å². The van der Waals surface area contributed by atoms with Crippen LogP contribution in [0.15, 0.2) is 28.9 Å². The van der Waals surface area contributed by atoms with Crippen LogP contribution in [0.5, 0.6) is 0 Å². The van der Waals surface area contributed by atoms with Gasteiger partial charge in [0, 0.05) is 12.7 Å².